The summed E-state index contributed by atoms with van der Waals surface area (Å²) in [6.45, 7) is -0.684. The van der Waals surface area contributed by atoms with Gasteiger partial charge in [-0.25, -0.2) is 0 Å². The van der Waals surface area contributed by atoms with Gasteiger partial charge in [-0.2, -0.15) is 0 Å². The molecule has 0 spiro atoms. The number of carboxylic acids is 2. The zero-order chi connectivity index (χ0) is 17.0. The quantitative estimate of drug-likeness (QED) is 0.171. The van der Waals surface area contributed by atoms with Crippen molar-refractivity contribution in [1.29, 1.82) is 0 Å². The van der Waals surface area contributed by atoms with Crippen LogP contribution in [0.1, 0.15) is 6.42 Å². The SMILES string of the molecule is O=C(CC(C(=O)O)C(=O)O)N[C@H]1C(O)O[C@H](CO)[C@@H](O)[C@@H]1O.[NH2-].[NH2-].[Pt+2]. The first-order chi connectivity index (χ1) is 10.2. The second kappa shape index (κ2) is 12.2. The Morgan fingerprint density at radius 1 is 1.00 bits per heavy atom. The van der Waals surface area contributed by atoms with Crippen LogP contribution in [0.2, 0.25) is 0 Å². The number of hydrogen-bond acceptors (Lipinski definition) is 8. The van der Waals surface area contributed by atoms with E-state index in [-0.39, 0.29) is 33.4 Å². The molecule has 5 atom stereocenters. The van der Waals surface area contributed by atoms with E-state index in [2.05, 4.69) is 0 Å². The summed E-state index contributed by atoms with van der Waals surface area (Å²) < 4.78 is 4.78. The Balaban J connectivity index is -0.00000161. The number of nitrogens with two attached hydrogens (primary N) is 2. The third kappa shape index (κ3) is 7.30. The van der Waals surface area contributed by atoms with Crippen molar-refractivity contribution in [3.8, 4) is 0 Å². The van der Waals surface area contributed by atoms with Crippen LogP contribution in [0.15, 0.2) is 0 Å². The summed E-state index contributed by atoms with van der Waals surface area (Å²) >= 11 is 0. The van der Waals surface area contributed by atoms with E-state index in [1.54, 1.807) is 0 Å². The van der Waals surface area contributed by atoms with Crippen molar-refractivity contribution in [3.63, 3.8) is 0 Å². The molecule has 0 aliphatic carbocycles. The molecule has 0 aromatic rings. The molecule has 1 heterocycles. The Hall–Kier alpha value is -1.18. The van der Waals surface area contributed by atoms with Gasteiger partial charge in [0.1, 0.15) is 24.4 Å². The van der Waals surface area contributed by atoms with Crippen molar-refractivity contribution in [3.05, 3.63) is 12.3 Å². The van der Waals surface area contributed by atoms with Crippen molar-refractivity contribution >= 4 is 17.8 Å². The van der Waals surface area contributed by atoms with Gasteiger partial charge in [0, 0.05) is 0 Å². The Kier molecular flexibility index (Phi) is 14.0. The summed E-state index contributed by atoms with van der Waals surface area (Å²) in [7, 11) is 0. The molecule has 14 heteroatoms. The van der Waals surface area contributed by atoms with Gasteiger partial charge in [-0.3, -0.25) is 14.4 Å². The van der Waals surface area contributed by atoms with E-state index in [1.165, 1.54) is 0 Å². The van der Waals surface area contributed by atoms with Gasteiger partial charge in [0.2, 0.25) is 5.91 Å². The first-order valence-electron chi connectivity index (χ1n) is 6.24. The third-order valence-electron chi connectivity index (χ3n) is 3.21. The number of rotatable bonds is 6. The fourth-order valence-electron chi connectivity index (χ4n) is 1.96. The van der Waals surface area contributed by atoms with Crippen molar-refractivity contribution in [2.45, 2.75) is 37.1 Å². The van der Waals surface area contributed by atoms with Crippen molar-refractivity contribution in [1.82, 2.24) is 5.32 Å². The van der Waals surface area contributed by atoms with Gasteiger partial charge in [-0.05, 0) is 0 Å². The number of ether oxygens (including phenoxy) is 1. The molecule has 1 amide bonds. The first kappa shape index (κ1) is 28.6. The van der Waals surface area contributed by atoms with Crippen LogP contribution in [-0.2, 0) is 40.2 Å². The van der Waals surface area contributed by atoms with Gasteiger partial charge in [0.15, 0.2) is 12.2 Å². The van der Waals surface area contributed by atoms with Crippen LogP contribution in [0.5, 0.6) is 0 Å². The molecule has 0 radical (unpaired) electrons. The maximum atomic E-state index is 11.6. The van der Waals surface area contributed by atoms with E-state index in [4.69, 9.17) is 20.1 Å². The number of aliphatic hydroxyl groups is 4. The third-order valence-corrected chi connectivity index (χ3v) is 3.21. The summed E-state index contributed by atoms with van der Waals surface area (Å²) in [6.07, 6.45) is -7.26. The van der Waals surface area contributed by atoms with Crippen LogP contribution in [0, 0.1) is 5.92 Å². The van der Waals surface area contributed by atoms with E-state index < -0.39 is 67.4 Å². The number of aliphatic carboxylic acids is 2. The number of nitrogens with one attached hydrogen (secondary N) is 1. The molecule has 0 aromatic heterocycles. The fraction of sp³-hybridized carbons (Fsp3) is 0.727. The summed E-state index contributed by atoms with van der Waals surface area (Å²) in [6, 6.07) is -1.51. The van der Waals surface area contributed by atoms with Gasteiger partial charge in [-0.1, -0.05) is 0 Å². The van der Waals surface area contributed by atoms with Gasteiger partial charge < -0.3 is 53.0 Å². The minimum absolute atomic E-state index is 0. The summed E-state index contributed by atoms with van der Waals surface area (Å²) in [4.78, 5) is 33.0. The Bertz CT molecular complexity index is 440. The molecule has 1 aliphatic heterocycles. The second-order valence-corrected chi connectivity index (χ2v) is 4.76. The minimum atomic E-state index is -1.99. The molecule has 1 unspecified atom stereocenters. The second-order valence-electron chi connectivity index (χ2n) is 4.76. The zero-order valence-corrected chi connectivity index (χ0v) is 14.9. The number of carbonyl (C=O) groups is 3. The maximum absolute atomic E-state index is 11.6. The number of aliphatic hydroxyl groups excluding tert-OH is 4. The fourth-order valence-corrected chi connectivity index (χ4v) is 1.96. The van der Waals surface area contributed by atoms with Crippen molar-refractivity contribution < 1.29 is 70.8 Å². The maximum Gasteiger partial charge on any atom is 2.00 e. The van der Waals surface area contributed by atoms with Crippen LogP contribution in [0.3, 0.4) is 0 Å². The monoisotopic (exact) mass is 550 g/mol. The Morgan fingerprint density at radius 2 is 1.48 bits per heavy atom. The normalized spacial score (nSPS) is 28.0. The van der Waals surface area contributed by atoms with Crippen LogP contribution in [0.25, 0.3) is 12.3 Å². The Morgan fingerprint density at radius 3 is 1.88 bits per heavy atom. The molecule has 0 aromatic carbocycles. The van der Waals surface area contributed by atoms with Crippen LogP contribution < -0.4 is 5.32 Å². The van der Waals surface area contributed by atoms with Crippen LogP contribution in [0.4, 0.5) is 0 Å². The van der Waals surface area contributed by atoms with Crippen LogP contribution >= 0.6 is 0 Å². The molecule has 0 bridgehead atoms. The molecular weight excluding hydrogens is 529 g/mol. The molecule has 0 saturated carbocycles. The molecule has 13 nitrogen and oxygen atoms in total. The standard InChI is InChI=1S/C11H17NO10.2H2N.Pt/c13-2-4-7(15)8(16)6(11(21)22-4)12-5(14)1-3(9(17)18)10(19)20;;;/h3-4,6-8,11,13,15-16,21H,1-2H2,(H,12,14)(H,17,18)(H,19,20);2*1H2;/q;2*-1;+2/t4-,6-,7-,8-,11?;;;/m1.../s1. The van der Waals surface area contributed by atoms with E-state index in [1.807, 2.05) is 5.32 Å². The minimum Gasteiger partial charge on any atom is -0.693 e. The number of amides is 1. The topological polar surface area (TPSA) is 261 Å². The molecule has 1 fully saturated rings. The molecule has 25 heavy (non-hydrogen) atoms. The Labute approximate surface area is 156 Å². The predicted octanol–water partition coefficient (Wildman–Crippen LogP) is -2.49. The largest absolute Gasteiger partial charge is 2.00 e. The summed E-state index contributed by atoms with van der Waals surface area (Å²) in [5.74, 6) is -6.50. The number of hydrogen-bond donors (Lipinski definition) is 7. The van der Waals surface area contributed by atoms with Gasteiger partial charge in [0.05, 0.1) is 13.0 Å². The van der Waals surface area contributed by atoms with E-state index in [0.29, 0.717) is 0 Å². The summed E-state index contributed by atoms with van der Waals surface area (Å²) in [5.41, 5.74) is 0. The average molecular weight is 550 g/mol. The van der Waals surface area contributed by atoms with Crippen LogP contribution in [-0.4, -0.2) is 85.7 Å². The molecule has 1 aliphatic rings. The molecular formula is C11H21N3O10Pt. The van der Waals surface area contributed by atoms with Crippen molar-refractivity contribution in [2.24, 2.45) is 5.92 Å². The predicted molar refractivity (Wildman–Crippen MR) is 75.9 cm³/mol. The average Bonchev–Trinajstić information content (AvgIpc) is 2.44. The molecule has 1 saturated heterocycles. The van der Waals surface area contributed by atoms with E-state index >= 15 is 0 Å². The number of carboxylic acid groups (broad SMARTS) is 2. The number of carbonyl (C=O) groups excluding carboxylic acids is 1. The summed E-state index contributed by atoms with van der Waals surface area (Å²) in [5, 5.41) is 57.2. The molecule has 1 rings (SSSR count). The smallest absolute Gasteiger partial charge is 0.693 e. The molecule has 11 N–H and O–H groups in total. The molecule has 150 valence electrons. The van der Waals surface area contributed by atoms with Gasteiger partial charge in [0.25, 0.3) is 0 Å². The van der Waals surface area contributed by atoms with E-state index in [9.17, 15) is 29.7 Å². The van der Waals surface area contributed by atoms with Gasteiger partial charge >= 0.3 is 33.0 Å². The van der Waals surface area contributed by atoms with Crippen molar-refractivity contribution in [2.75, 3.05) is 6.61 Å². The first-order valence-corrected chi connectivity index (χ1v) is 6.24. The van der Waals surface area contributed by atoms with Gasteiger partial charge in [-0.15, -0.1) is 0 Å². The zero-order valence-electron chi connectivity index (χ0n) is 12.7. The van der Waals surface area contributed by atoms with E-state index in [0.717, 1.165) is 0 Å².